The molecule has 0 bridgehead atoms. The van der Waals surface area contributed by atoms with Gasteiger partial charge in [-0.25, -0.2) is 0 Å². The molecule has 1 saturated carbocycles. The summed E-state index contributed by atoms with van der Waals surface area (Å²) in [6.07, 6.45) is 3.75. The van der Waals surface area contributed by atoms with Crippen LogP contribution < -0.4 is 0 Å². The number of carbonyl (C=O) groups is 2. The van der Waals surface area contributed by atoms with Crippen LogP contribution in [0.3, 0.4) is 0 Å². The molecule has 3 rings (SSSR count). The number of carboxylic acid groups (broad SMARTS) is 1. The van der Waals surface area contributed by atoms with Gasteiger partial charge in [-0.3, -0.25) is 9.59 Å². The molecule has 4 nitrogen and oxygen atoms in total. The number of halogens is 1. The van der Waals surface area contributed by atoms with Crippen molar-refractivity contribution in [1.82, 2.24) is 4.90 Å². The molecule has 1 amide bonds. The number of carboxylic acids is 1. The van der Waals surface area contributed by atoms with E-state index in [0.717, 1.165) is 22.9 Å². The van der Waals surface area contributed by atoms with E-state index >= 15 is 0 Å². The van der Waals surface area contributed by atoms with Crippen molar-refractivity contribution in [3.63, 3.8) is 0 Å². The molecule has 118 valence electrons. The summed E-state index contributed by atoms with van der Waals surface area (Å²) in [5.41, 5.74) is 0.445. The molecule has 1 aromatic carbocycles. The molecule has 5 heteroatoms. The van der Waals surface area contributed by atoms with Crippen LogP contribution in [0.4, 0.5) is 0 Å². The number of carbonyl (C=O) groups excluding carboxylic acids is 1. The number of aliphatic carboxylic acids is 1. The Morgan fingerprint density at radius 3 is 2.91 bits per heavy atom. The fraction of sp³-hybridized carbons (Fsp3) is 0.529. The number of hydrogen-bond acceptors (Lipinski definition) is 2. The lowest BCUT2D eigenvalue weighted by atomic mass is 9.81. The van der Waals surface area contributed by atoms with Crippen molar-refractivity contribution < 1.29 is 14.7 Å². The maximum Gasteiger partial charge on any atom is 0.311 e. The summed E-state index contributed by atoms with van der Waals surface area (Å²) >= 11 is 3.43. The predicted molar refractivity (Wildman–Crippen MR) is 86.5 cm³/mol. The highest BCUT2D eigenvalue weighted by molar-refractivity contribution is 9.10. The zero-order valence-electron chi connectivity index (χ0n) is 12.4. The van der Waals surface area contributed by atoms with E-state index in [1.165, 1.54) is 0 Å². The minimum atomic E-state index is -0.725. The third-order valence-electron chi connectivity index (χ3n) is 5.17. The first-order valence-electron chi connectivity index (χ1n) is 7.77. The van der Waals surface area contributed by atoms with Gasteiger partial charge in [-0.1, -0.05) is 34.5 Å². The van der Waals surface area contributed by atoms with E-state index in [2.05, 4.69) is 15.9 Å². The van der Waals surface area contributed by atoms with E-state index < -0.39 is 11.4 Å². The van der Waals surface area contributed by atoms with E-state index in [9.17, 15) is 14.7 Å². The number of likely N-dealkylation sites (tertiary alicyclic amines) is 1. The van der Waals surface area contributed by atoms with Gasteiger partial charge in [0.25, 0.3) is 0 Å². The Labute approximate surface area is 138 Å². The summed E-state index contributed by atoms with van der Waals surface area (Å²) in [4.78, 5) is 25.8. The number of amides is 1. The number of aryl methyl sites for hydroxylation is 1. The number of rotatable bonds is 4. The first-order chi connectivity index (χ1) is 10.5. The van der Waals surface area contributed by atoms with E-state index in [-0.39, 0.29) is 11.8 Å². The smallest absolute Gasteiger partial charge is 0.311 e. The normalized spacial score (nSPS) is 27.0. The van der Waals surface area contributed by atoms with E-state index in [1.807, 2.05) is 24.3 Å². The van der Waals surface area contributed by atoms with Crippen LogP contribution in [-0.4, -0.2) is 35.0 Å². The minimum absolute atomic E-state index is 0.0787. The largest absolute Gasteiger partial charge is 0.481 e. The Hall–Kier alpha value is -1.36. The van der Waals surface area contributed by atoms with Crippen LogP contribution >= 0.6 is 15.9 Å². The van der Waals surface area contributed by atoms with Crippen molar-refractivity contribution in [3.05, 3.63) is 34.3 Å². The van der Waals surface area contributed by atoms with Crippen molar-refractivity contribution in [2.75, 3.05) is 13.1 Å². The average molecular weight is 366 g/mol. The highest BCUT2D eigenvalue weighted by atomic mass is 79.9. The average Bonchev–Trinajstić information content (AvgIpc) is 3.02. The minimum Gasteiger partial charge on any atom is -0.481 e. The van der Waals surface area contributed by atoms with Crippen molar-refractivity contribution in [1.29, 1.82) is 0 Å². The summed E-state index contributed by atoms with van der Waals surface area (Å²) in [6.45, 7) is 1.01. The standard InChI is InChI=1S/C17H20BrNO3/c18-14-5-1-3-12(9-14)6-7-15(20)19-10-13-4-2-8-17(13,11-19)16(21)22/h1,3,5,9,13H,2,4,6-8,10-11H2,(H,21,22)/t13-,17+/m0/s1. The van der Waals surface area contributed by atoms with Gasteiger partial charge in [0, 0.05) is 24.0 Å². The Morgan fingerprint density at radius 2 is 2.23 bits per heavy atom. The Morgan fingerprint density at radius 1 is 1.41 bits per heavy atom. The second-order valence-corrected chi connectivity index (χ2v) is 7.37. The Kier molecular flexibility index (Phi) is 4.26. The number of nitrogens with zero attached hydrogens (tertiary/aromatic N) is 1. The maximum absolute atomic E-state index is 12.4. The predicted octanol–water partition coefficient (Wildman–Crippen LogP) is 3.10. The van der Waals surface area contributed by atoms with Crippen LogP contribution in [0.2, 0.25) is 0 Å². The summed E-state index contributed by atoms with van der Waals surface area (Å²) < 4.78 is 1.01. The molecule has 22 heavy (non-hydrogen) atoms. The van der Waals surface area contributed by atoms with E-state index in [4.69, 9.17) is 0 Å². The molecule has 0 radical (unpaired) electrons. The van der Waals surface area contributed by atoms with Crippen LogP contribution in [0.15, 0.2) is 28.7 Å². The molecule has 0 unspecified atom stereocenters. The van der Waals surface area contributed by atoms with Gasteiger partial charge < -0.3 is 10.0 Å². The zero-order valence-corrected chi connectivity index (χ0v) is 14.0. The summed E-state index contributed by atoms with van der Waals surface area (Å²) in [5.74, 6) is -0.507. The SMILES string of the molecule is O=C(CCc1cccc(Br)c1)N1C[C@@H]2CCC[C@@]2(C(=O)O)C1. The molecule has 1 aliphatic carbocycles. The second-order valence-electron chi connectivity index (χ2n) is 6.45. The zero-order chi connectivity index (χ0) is 15.7. The van der Waals surface area contributed by atoms with E-state index in [0.29, 0.717) is 32.4 Å². The highest BCUT2D eigenvalue weighted by Gasteiger charge is 2.55. The van der Waals surface area contributed by atoms with Gasteiger partial charge in [0.15, 0.2) is 0 Å². The molecular formula is C17H20BrNO3. The molecule has 2 fully saturated rings. The number of benzene rings is 1. The molecule has 2 aliphatic rings. The molecule has 1 N–H and O–H groups in total. The van der Waals surface area contributed by atoms with Gasteiger partial charge in [-0.05, 0) is 42.9 Å². The quantitative estimate of drug-likeness (QED) is 0.891. The molecule has 1 heterocycles. The number of fused-ring (bicyclic) bond motifs is 1. The fourth-order valence-electron chi connectivity index (χ4n) is 3.93. The summed E-state index contributed by atoms with van der Waals surface area (Å²) in [6, 6.07) is 7.95. The molecular weight excluding hydrogens is 346 g/mol. The monoisotopic (exact) mass is 365 g/mol. The van der Waals surface area contributed by atoms with Crippen molar-refractivity contribution in [2.24, 2.45) is 11.3 Å². The maximum atomic E-state index is 12.4. The molecule has 0 spiro atoms. The second kappa shape index (κ2) is 6.03. The highest BCUT2D eigenvalue weighted by Crippen LogP contribution is 2.48. The van der Waals surface area contributed by atoms with Gasteiger partial charge in [0.05, 0.1) is 5.41 Å². The van der Waals surface area contributed by atoms with Crippen molar-refractivity contribution in [3.8, 4) is 0 Å². The molecule has 1 aromatic rings. The third-order valence-corrected chi connectivity index (χ3v) is 5.66. The van der Waals surface area contributed by atoms with Gasteiger partial charge in [-0.2, -0.15) is 0 Å². The fourth-order valence-corrected chi connectivity index (χ4v) is 4.38. The molecule has 2 atom stereocenters. The first kappa shape index (κ1) is 15.5. The van der Waals surface area contributed by atoms with Gasteiger partial charge in [0.2, 0.25) is 5.91 Å². The molecule has 1 saturated heterocycles. The lowest BCUT2D eigenvalue weighted by molar-refractivity contribution is -0.149. The van der Waals surface area contributed by atoms with Crippen LogP contribution in [0.5, 0.6) is 0 Å². The topological polar surface area (TPSA) is 57.6 Å². The van der Waals surface area contributed by atoms with Gasteiger partial charge in [-0.15, -0.1) is 0 Å². The molecule has 1 aliphatic heterocycles. The van der Waals surface area contributed by atoms with Crippen LogP contribution in [0, 0.1) is 11.3 Å². The third kappa shape index (κ3) is 2.78. The van der Waals surface area contributed by atoms with Crippen molar-refractivity contribution in [2.45, 2.75) is 32.1 Å². The summed E-state index contributed by atoms with van der Waals surface area (Å²) in [7, 11) is 0. The molecule has 0 aromatic heterocycles. The van der Waals surface area contributed by atoms with Crippen LogP contribution in [0.1, 0.15) is 31.2 Å². The first-order valence-corrected chi connectivity index (χ1v) is 8.56. The lowest BCUT2D eigenvalue weighted by Crippen LogP contribution is -2.37. The van der Waals surface area contributed by atoms with E-state index in [1.54, 1.807) is 4.90 Å². The van der Waals surface area contributed by atoms with Crippen molar-refractivity contribution >= 4 is 27.8 Å². The number of hydrogen-bond donors (Lipinski definition) is 1. The van der Waals surface area contributed by atoms with Gasteiger partial charge in [0.1, 0.15) is 0 Å². The Balaban J connectivity index is 1.61. The summed E-state index contributed by atoms with van der Waals surface area (Å²) in [5, 5.41) is 9.57. The lowest BCUT2D eigenvalue weighted by Gasteiger charge is -2.23. The van der Waals surface area contributed by atoms with Gasteiger partial charge >= 0.3 is 5.97 Å². The van der Waals surface area contributed by atoms with Crippen LogP contribution in [-0.2, 0) is 16.0 Å². The van der Waals surface area contributed by atoms with Crippen LogP contribution in [0.25, 0.3) is 0 Å². The Bertz CT molecular complexity index is 603.